The fourth-order valence-electron chi connectivity index (χ4n) is 2.13. The topological polar surface area (TPSA) is 59.6 Å². The molecule has 0 saturated carbocycles. The van der Waals surface area contributed by atoms with E-state index < -0.39 is 5.60 Å². The number of rotatable bonds is 10. The number of amides is 1. The standard InChI is InChI=1S/C16H34N2O3/c1-7-13(8-2)18-14(12-20-6)10-9-11-17-15(19)21-16(3,4)5/h13-14,18H,7-12H2,1-6H3,(H,17,19). The van der Waals surface area contributed by atoms with Crippen molar-refractivity contribution < 1.29 is 14.3 Å². The molecule has 5 nitrogen and oxygen atoms in total. The summed E-state index contributed by atoms with van der Waals surface area (Å²) in [6, 6.07) is 0.865. The van der Waals surface area contributed by atoms with Crippen LogP contribution in [0.15, 0.2) is 0 Å². The fourth-order valence-corrected chi connectivity index (χ4v) is 2.13. The number of hydrogen-bond acceptors (Lipinski definition) is 4. The molecule has 126 valence electrons. The van der Waals surface area contributed by atoms with Gasteiger partial charge in [-0.05, 0) is 46.5 Å². The number of methoxy groups -OCH3 is 1. The molecule has 0 aromatic rings. The van der Waals surface area contributed by atoms with Crippen molar-refractivity contribution in [3.05, 3.63) is 0 Å². The number of nitrogens with one attached hydrogen (secondary N) is 2. The van der Waals surface area contributed by atoms with E-state index in [4.69, 9.17) is 9.47 Å². The van der Waals surface area contributed by atoms with Crippen molar-refractivity contribution >= 4 is 6.09 Å². The van der Waals surface area contributed by atoms with Gasteiger partial charge in [-0.2, -0.15) is 0 Å². The summed E-state index contributed by atoms with van der Waals surface area (Å²) in [5, 5.41) is 6.40. The highest BCUT2D eigenvalue weighted by molar-refractivity contribution is 5.67. The average Bonchev–Trinajstić information content (AvgIpc) is 2.38. The lowest BCUT2D eigenvalue weighted by Gasteiger charge is -2.24. The maximum Gasteiger partial charge on any atom is 0.407 e. The molecule has 0 fully saturated rings. The van der Waals surface area contributed by atoms with Gasteiger partial charge in [-0.25, -0.2) is 4.79 Å². The molecular weight excluding hydrogens is 268 g/mol. The van der Waals surface area contributed by atoms with Gasteiger partial charge in [-0.1, -0.05) is 13.8 Å². The van der Waals surface area contributed by atoms with E-state index in [1.54, 1.807) is 7.11 Å². The van der Waals surface area contributed by atoms with Crippen molar-refractivity contribution in [2.45, 2.75) is 78.0 Å². The summed E-state index contributed by atoms with van der Waals surface area (Å²) >= 11 is 0. The van der Waals surface area contributed by atoms with Crippen molar-refractivity contribution in [1.82, 2.24) is 10.6 Å². The molecule has 0 heterocycles. The molecule has 0 aliphatic carbocycles. The van der Waals surface area contributed by atoms with Gasteiger partial charge < -0.3 is 20.1 Å². The zero-order valence-corrected chi connectivity index (χ0v) is 14.6. The van der Waals surface area contributed by atoms with E-state index in [1.807, 2.05) is 20.8 Å². The minimum atomic E-state index is -0.445. The second-order valence-corrected chi connectivity index (χ2v) is 6.40. The lowest BCUT2D eigenvalue weighted by Crippen LogP contribution is -2.41. The second-order valence-electron chi connectivity index (χ2n) is 6.40. The molecule has 0 radical (unpaired) electrons. The first-order valence-electron chi connectivity index (χ1n) is 8.04. The predicted molar refractivity (Wildman–Crippen MR) is 86.6 cm³/mol. The van der Waals surface area contributed by atoms with Gasteiger partial charge in [-0.3, -0.25) is 0 Å². The van der Waals surface area contributed by atoms with Crippen LogP contribution in [0.2, 0.25) is 0 Å². The van der Waals surface area contributed by atoms with Crippen LogP contribution in [0.1, 0.15) is 60.3 Å². The Morgan fingerprint density at radius 1 is 1.14 bits per heavy atom. The van der Waals surface area contributed by atoms with E-state index in [0.717, 1.165) is 25.7 Å². The number of carbonyl (C=O) groups is 1. The Labute approximate surface area is 130 Å². The zero-order valence-electron chi connectivity index (χ0n) is 14.6. The fraction of sp³-hybridized carbons (Fsp3) is 0.938. The highest BCUT2D eigenvalue weighted by atomic mass is 16.6. The minimum Gasteiger partial charge on any atom is -0.444 e. The maximum atomic E-state index is 11.5. The molecule has 0 aromatic heterocycles. The Balaban J connectivity index is 3.95. The third kappa shape index (κ3) is 11.5. The van der Waals surface area contributed by atoms with Gasteiger partial charge in [0.1, 0.15) is 5.60 Å². The van der Waals surface area contributed by atoms with Crippen LogP contribution >= 0.6 is 0 Å². The molecule has 0 aliphatic heterocycles. The summed E-state index contributed by atoms with van der Waals surface area (Å²) in [5.74, 6) is 0. The lowest BCUT2D eigenvalue weighted by atomic mass is 10.1. The maximum absolute atomic E-state index is 11.5. The van der Waals surface area contributed by atoms with E-state index in [2.05, 4.69) is 24.5 Å². The molecule has 1 atom stereocenters. The molecule has 0 saturated heterocycles. The third-order valence-electron chi connectivity index (χ3n) is 3.22. The molecule has 0 bridgehead atoms. The van der Waals surface area contributed by atoms with Crippen LogP contribution in [-0.2, 0) is 9.47 Å². The normalized spacial score (nSPS) is 13.3. The Morgan fingerprint density at radius 3 is 2.24 bits per heavy atom. The van der Waals surface area contributed by atoms with Crippen LogP contribution in [0.5, 0.6) is 0 Å². The highest BCUT2D eigenvalue weighted by Crippen LogP contribution is 2.07. The Hall–Kier alpha value is -0.810. The molecular formula is C16H34N2O3. The van der Waals surface area contributed by atoms with Crippen molar-refractivity contribution in [2.75, 3.05) is 20.3 Å². The summed E-state index contributed by atoms with van der Waals surface area (Å²) in [5.41, 5.74) is -0.445. The van der Waals surface area contributed by atoms with Crippen molar-refractivity contribution in [2.24, 2.45) is 0 Å². The van der Waals surface area contributed by atoms with Gasteiger partial charge in [0.05, 0.1) is 6.61 Å². The molecule has 21 heavy (non-hydrogen) atoms. The number of alkyl carbamates (subject to hydrolysis) is 1. The van der Waals surface area contributed by atoms with E-state index in [-0.39, 0.29) is 6.09 Å². The summed E-state index contributed by atoms with van der Waals surface area (Å²) in [7, 11) is 1.72. The molecule has 0 spiro atoms. The van der Waals surface area contributed by atoms with Crippen LogP contribution in [-0.4, -0.2) is 44.0 Å². The van der Waals surface area contributed by atoms with Crippen LogP contribution in [0.3, 0.4) is 0 Å². The molecule has 1 unspecified atom stereocenters. The average molecular weight is 302 g/mol. The van der Waals surface area contributed by atoms with Crippen molar-refractivity contribution in [1.29, 1.82) is 0 Å². The molecule has 1 amide bonds. The Kier molecular flexibility index (Phi) is 10.4. The van der Waals surface area contributed by atoms with Crippen molar-refractivity contribution in [3.8, 4) is 0 Å². The monoisotopic (exact) mass is 302 g/mol. The van der Waals surface area contributed by atoms with Gasteiger partial charge in [0, 0.05) is 25.7 Å². The molecule has 5 heteroatoms. The predicted octanol–water partition coefficient (Wildman–Crippen LogP) is 3.08. The van der Waals surface area contributed by atoms with E-state index in [0.29, 0.717) is 25.2 Å². The van der Waals surface area contributed by atoms with Gasteiger partial charge in [0.15, 0.2) is 0 Å². The molecule has 2 N–H and O–H groups in total. The van der Waals surface area contributed by atoms with Gasteiger partial charge >= 0.3 is 6.09 Å². The largest absolute Gasteiger partial charge is 0.444 e. The van der Waals surface area contributed by atoms with Gasteiger partial charge in [0.25, 0.3) is 0 Å². The smallest absolute Gasteiger partial charge is 0.407 e. The Morgan fingerprint density at radius 2 is 1.76 bits per heavy atom. The number of hydrogen-bond donors (Lipinski definition) is 2. The van der Waals surface area contributed by atoms with Gasteiger partial charge in [-0.15, -0.1) is 0 Å². The zero-order chi connectivity index (χ0) is 16.3. The summed E-state index contributed by atoms with van der Waals surface area (Å²) in [6.45, 7) is 11.3. The molecule has 0 aromatic carbocycles. The summed E-state index contributed by atoms with van der Waals surface area (Å²) < 4.78 is 10.5. The first-order chi connectivity index (χ1) is 9.82. The quantitative estimate of drug-likeness (QED) is 0.609. The van der Waals surface area contributed by atoms with Gasteiger partial charge in [0.2, 0.25) is 0 Å². The first kappa shape index (κ1) is 20.2. The van der Waals surface area contributed by atoms with E-state index in [9.17, 15) is 4.79 Å². The van der Waals surface area contributed by atoms with E-state index >= 15 is 0 Å². The van der Waals surface area contributed by atoms with Crippen LogP contribution in [0, 0.1) is 0 Å². The summed E-state index contributed by atoms with van der Waals surface area (Å²) in [6.07, 6.45) is 3.76. The van der Waals surface area contributed by atoms with Crippen LogP contribution < -0.4 is 10.6 Å². The molecule has 0 aliphatic rings. The first-order valence-corrected chi connectivity index (χ1v) is 8.04. The SMILES string of the molecule is CCC(CC)NC(CCCNC(=O)OC(C)(C)C)COC. The second kappa shape index (κ2) is 10.9. The Bertz CT molecular complexity index is 273. The number of ether oxygens (including phenoxy) is 2. The minimum absolute atomic E-state index is 0.334. The highest BCUT2D eigenvalue weighted by Gasteiger charge is 2.16. The molecule has 0 rings (SSSR count). The third-order valence-corrected chi connectivity index (χ3v) is 3.22. The van der Waals surface area contributed by atoms with Crippen LogP contribution in [0.4, 0.5) is 4.79 Å². The van der Waals surface area contributed by atoms with E-state index in [1.165, 1.54) is 0 Å². The summed E-state index contributed by atoms with van der Waals surface area (Å²) in [4.78, 5) is 11.5. The number of carbonyl (C=O) groups excluding carboxylic acids is 1. The van der Waals surface area contributed by atoms with Crippen LogP contribution in [0.25, 0.3) is 0 Å². The lowest BCUT2D eigenvalue weighted by molar-refractivity contribution is 0.0526. The van der Waals surface area contributed by atoms with Crippen molar-refractivity contribution in [3.63, 3.8) is 0 Å².